The van der Waals surface area contributed by atoms with E-state index in [1.165, 1.54) is 16.7 Å². The van der Waals surface area contributed by atoms with Crippen LogP contribution >= 0.6 is 15.9 Å². The van der Waals surface area contributed by atoms with Gasteiger partial charge in [-0.1, -0.05) is 30.3 Å². The molecule has 0 heterocycles. The Balaban J connectivity index is 2.08. The van der Waals surface area contributed by atoms with Crippen molar-refractivity contribution in [2.24, 2.45) is 0 Å². The Morgan fingerprint density at radius 2 is 1.76 bits per heavy atom. The molecule has 0 fully saturated rings. The second-order valence-electron chi connectivity index (χ2n) is 4.14. The Morgan fingerprint density at radius 1 is 1.00 bits per heavy atom. The van der Waals surface area contributed by atoms with Crippen LogP contribution in [0.1, 0.15) is 16.7 Å². The first-order valence-corrected chi connectivity index (χ1v) is 6.39. The number of ether oxygens (including phenoxy) is 1. The molecule has 0 saturated carbocycles. The number of hydrogen-bond acceptors (Lipinski definition) is 1. The summed E-state index contributed by atoms with van der Waals surface area (Å²) in [5, 5.41) is 0. The van der Waals surface area contributed by atoms with Crippen molar-refractivity contribution in [3.63, 3.8) is 0 Å². The van der Waals surface area contributed by atoms with Crippen molar-refractivity contribution in [1.29, 1.82) is 0 Å². The molecule has 0 aliphatic heterocycles. The van der Waals surface area contributed by atoms with Crippen LogP contribution in [0.3, 0.4) is 0 Å². The van der Waals surface area contributed by atoms with E-state index in [4.69, 9.17) is 4.74 Å². The van der Waals surface area contributed by atoms with Gasteiger partial charge in [-0.25, -0.2) is 0 Å². The molecule has 1 nitrogen and oxygen atoms in total. The molecule has 17 heavy (non-hydrogen) atoms. The molecule has 2 aromatic rings. The highest BCUT2D eigenvalue weighted by molar-refractivity contribution is 9.10. The average molecular weight is 291 g/mol. The van der Waals surface area contributed by atoms with Crippen LogP contribution in [-0.2, 0) is 6.61 Å². The van der Waals surface area contributed by atoms with Gasteiger partial charge in [0.25, 0.3) is 0 Å². The SMILES string of the molecule is Cc1ccc(COc2ccccc2Br)cc1C. The highest BCUT2D eigenvalue weighted by atomic mass is 79.9. The third-order valence-electron chi connectivity index (χ3n) is 2.80. The zero-order valence-electron chi connectivity index (χ0n) is 10.0. The lowest BCUT2D eigenvalue weighted by atomic mass is 10.1. The predicted molar refractivity (Wildman–Crippen MR) is 74.4 cm³/mol. The molecule has 0 bridgehead atoms. The van der Waals surface area contributed by atoms with Crippen molar-refractivity contribution in [2.45, 2.75) is 20.5 Å². The minimum Gasteiger partial charge on any atom is -0.488 e. The predicted octanol–water partition coefficient (Wildman–Crippen LogP) is 4.64. The molecule has 0 amide bonds. The van der Waals surface area contributed by atoms with Crippen LogP contribution in [0.5, 0.6) is 5.75 Å². The number of benzene rings is 2. The highest BCUT2D eigenvalue weighted by Crippen LogP contribution is 2.24. The molecule has 0 aliphatic carbocycles. The van der Waals surface area contributed by atoms with Crippen LogP contribution in [0.25, 0.3) is 0 Å². The van der Waals surface area contributed by atoms with Crippen LogP contribution in [0, 0.1) is 13.8 Å². The van der Waals surface area contributed by atoms with Crippen molar-refractivity contribution in [3.8, 4) is 5.75 Å². The normalized spacial score (nSPS) is 10.3. The van der Waals surface area contributed by atoms with E-state index < -0.39 is 0 Å². The van der Waals surface area contributed by atoms with Crippen molar-refractivity contribution in [1.82, 2.24) is 0 Å². The molecule has 0 aromatic heterocycles. The summed E-state index contributed by atoms with van der Waals surface area (Å²) in [6.07, 6.45) is 0. The maximum atomic E-state index is 5.77. The smallest absolute Gasteiger partial charge is 0.133 e. The van der Waals surface area contributed by atoms with Gasteiger partial charge in [0.15, 0.2) is 0 Å². The van der Waals surface area contributed by atoms with Crippen LogP contribution in [0.4, 0.5) is 0 Å². The fourth-order valence-corrected chi connectivity index (χ4v) is 2.02. The van der Waals surface area contributed by atoms with Gasteiger partial charge in [-0.3, -0.25) is 0 Å². The summed E-state index contributed by atoms with van der Waals surface area (Å²) in [4.78, 5) is 0. The molecule has 88 valence electrons. The lowest BCUT2D eigenvalue weighted by Crippen LogP contribution is -1.97. The molecule has 0 radical (unpaired) electrons. The van der Waals surface area contributed by atoms with E-state index in [1.807, 2.05) is 24.3 Å². The van der Waals surface area contributed by atoms with E-state index in [0.29, 0.717) is 6.61 Å². The van der Waals surface area contributed by atoms with Gasteiger partial charge >= 0.3 is 0 Å². The minimum atomic E-state index is 0.601. The summed E-state index contributed by atoms with van der Waals surface area (Å²) in [7, 11) is 0. The van der Waals surface area contributed by atoms with E-state index in [0.717, 1.165) is 10.2 Å². The molecule has 2 rings (SSSR count). The topological polar surface area (TPSA) is 9.23 Å². The number of halogens is 1. The number of hydrogen-bond donors (Lipinski definition) is 0. The fourth-order valence-electron chi connectivity index (χ4n) is 1.62. The lowest BCUT2D eigenvalue weighted by molar-refractivity contribution is 0.304. The number of rotatable bonds is 3. The van der Waals surface area contributed by atoms with E-state index in [9.17, 15) is 0 Å². The van der Waals surface area contributed by atoms with Crippen LogP contribution in [0.15, 0.2) is 46.9 Å². The molecular weight excluding hydrogens is 276 g/mol. The Morgan fingerprint density at radius 3 is 2.47 bits per heavy atom. The summed E-state index contributed by atoms with van der Waals surface area (Å²) in [5.41, 5.74) is 3.82. The van der Waals surface area contributed by atoms with Gasteiger partial charge in [0.1, 0.15) is 12.4 Å². The molecule has 2 aromatic carbocycles. The van der Waals surface area contributed by atoms with Crippen molar-refractivity contribution in [2.75, 3.05) is 0 Å². The van der Waals surface area contributed by atoms with Crippen LogP contribution < -0.4 is 4.74 Å². The van der Waals surface area contributed by atoms with E-state index in [1.54, 1.807) is 0 Å². The first-order chi connectivity index (χ1) is 8.16. The second-order valence-corrected chi connectivity index (χ2v) is 4.99. The molecule has 0 atom stereocenters. The lowest BCUT2D eigenvalue weighted by Gasteiger charge is -2.09. The van der Waals surface area contributed by atoms with Crippen molar-refractivity contribution >= 4 is 15.9 Å². The first kappa shape index (κ1) is 12.2. The Hall–Kier alpha value is -1.28. The molecule has 0 aliphatic rings. The number of para-hydroxylation sites is 1. The van der Waals surface area contributed by atoms with Gasteiger partial charge in [-0.2, -0.15) is 0 Å². The summed E-state index contributed by atoms with van der Waals surface area (Å²) in [5.74, 6) is 0.880. The Bertz CT molecular complexity index is 520. The van der Waals surface area contributed by atoms with Gasteiger partial charge in [0, 0.05) is 0 Å². The van der Waals surface area contributed by atoms with Gasteiger partial charge in [0.05, 0.1) is 4.47 Å². The monoisotopic (exact) mass is 290 g/mol. The van der Waals surface area contributed by atoms with Gasteiger partial charge in [-0.05, 0) is 58.6 Å². The Labute approximate surface area is 111 Å². The van der Waals surface area contributed by atoms with Crippen LogP contribution in [0.2, 0.25) is 0 Å². The molecular formula is C15H15BrO. The van der Waals surface area contributed by atoms with Gasteiger partial charge < -0.3 is 4.74 Å². The summed E-state index contributed by atoms with van der Waals surface area (Å²) < 4.78 is 6.76. The molecule has 0 N–H and O–H groups in total. The fraction of sp³-hybridized carbons (Fsp3) is 0.200. The standard InChI is InChI=1S/C15H15BrO/c1-11-7-8-13(9-12(11)2)10-17-15-6-4-3-5-14(15)16/h3-9H,10H2,1-2H3. The molecule has 0 spiro atoms. The van der Waals surface area contributed by atoms with Crippen molar-refractivity contribution < 1.29 is 4.74 Å². The zero-order chi connectivity index (χ0) is 12.3. The largest absolute Gasteiger partial charge is 0.488 e. The minimum absolute atomic E-state index is 0.601. The van der Waals surface area contributed by atoms with Gasteiger partial charge in [0.2, 0.25) is 0 Å². The van der Waals surface area contributed by atoms with Crippen LogP contribution in [-0.4, -0.2) is 0 Å². The second kappa shape index (κ2) is 5.37. The van der Waals surface area contributed by atoms with Crippen molar-refractivity contribution in [3.05, 3.63) is 63.6 Å². The third-order valence-corrected chi connectivity index (χ3v) is 3.46. The summed E-state index contributed by atoms with van der Waals surface area (Å²) in [6, 6.07) is 14.3. The Kier molecular flexibility index (Phi) is 3.85. The highest BCUT2D eigenvalue weighted by Gasteiger charge is 2.01. The maximum absolute atomic E-state index is 5.77. The first-order valence-electron chi connectivity index (χ1n) is 5.60. The third kappa shape index (κ3) is 3.10. The molecule has 2 heteroatoms. The quantitative estimate of drug-likeness (QED) is 0.800. The summed E-state index contributed by atoms with van der Waals surface area (Å²) >= 11 is 3.47. The zero-order valence-corrected chi connectivity index (χ0v) is 11.6. The summed E-state index contributed by atoms with van der Waals surface area (Å²) in [6.45, 7) is 4.84. The number of aryl methyl sites for hydroxylation is 2. The average Bonchev–Trinajstić information content (AvgIpc) is 2.32. The molecule has 0 saturated heterocycles. The van der Waals surface area contributed by atoms with Gasteiger partial charge in [-0.15, -0.1) is 0 Å². The van der Waals surface area contributed by atoms with E-state index in [2.05, 4.69) is 48.0 Å². The van der Waals surface area contributed by atoms with E-state index >= 15 is 0 Å². The van der Waals surface area contributed by atoms with E-state index in [-0.39, 0.29) is 0 Å². The maximum Gasteiger partial charge on any atom is 0.133 e. The molecule has 0 unspecified atom stereocenters.